The van der Waals surface area contributed by atoms with E-state index in [2.05, 4.69) is 45.6 Å². The summed E-state index contributed by atoms with van der Waals surface area (Å²) >= 11 is 0. The van der Waals surface area contributed by atoms with Gasteiger partial charge in [-0.2, -0.15) is 0 Å². The van der Waals surface area contributed by atoms with Crippen molar-refractivity contribution in [2.75, 3.05) is 53.1 Å². The van der Waals surface area contributed by atoms with Gasteiger partial charge in [0, 0.05) is 80.6 Å². The van der Waals surface area contributed by atoms with Gasteiger partial charge in [0.15, 0.2) is 0 Å². The van der Waals surface area contributed by atoms with Gasteiger partial charge in [0.2, 0.25) is 11.8 Å². The van der Waals surface area contributed by atoms with Crippen molar-refractivity contribution in [1.82, 2.24) is 28.8 Å². The minimum Gasteiger partial charge on any atom is -0.492 e. The van der Waals surface area contributed by atoms with Gasteiger partial charge in [0.05, 0.1) is 55.0 Å². The van der Waals surface area contributed by atoms with Gasteiger partial charge in [-0.25, -0.2) is 4.98 Å². The first-order chi connectivity index (χ1) is 31.2. The minimum atomic E-state index is -0.185. The molecule has 3 aliphatic heterocycles. The van der Waals surface area contributed by atoms with E-state index < -0.39 is 0 Å². The summed E-state index contributed by atoms with van der Waals surface area (Å²) in [6, 6.07) is 33.7. The van der Waals surface area contributed by atoms with Crippen LogP contribution in [0.5, 0.6) is 11.6 Å². The van der Waals surface area contributed by atoms with Gasteiger partial charge < -0.3 is 28.6 Å². The van der Waals surface area contributed by atoms with E-state index >= 15 is 4.79 Å². The van der Waals surface area contributed by atoms with E-state index in [1.165, 1.54) is 5.56 Å². The van der Waals surface area contributed by atoms with Crippen molar-refractivity contribution in [3.05, 3.63) is 153 Å². The van der Waals surface area contributed by atoms with Crippen molar-refractivity contribution in [3.8, 4) is 28.6 Å². The predicted molar refractivity (Wildman–Crippen MR) is 247 cm³/mol. The number of rotatable bonds is 10. The Labute approximate surface area is 372 Å². The van der Waals surface area contributed by atoms with Crippen LogP contribution in [0.15, 0.2) is 114 Å². The van der Waals surface area contributed by atoms with Crippen molar-refractivity contribution in [3.63, 3.8) is 0 Å². The molecule has 4 aromatic carbocycles. The molecule has 7 aromatic rings. The van der Waals surface area contributed by atoms with Crippen molar-refractivity contribution in [1.29, 1.82) is 0 Å². The fraction of sp³-hybridized carbons (Fsp3) is 0.308. The number of benzene rings is 4. The van der Waals surface area contributed by atoms with Crippen LogP contribution < -0.4 is 15.0 Å². The molecular weight excluding hydrogens is 805 g/mol. The molecule has 0 radical (unpaired) electrons. The average Bonchev–Trinajstić information content (AvgIpc) is 3.68. The Kier molecular flexibility index (Phi) is 11.2. The Morgan fingerprint density at radius 1 is 0.828 bits per heavy atom. The zero-order valence-electron chi connectivity index (χ0n) is 36.6. The Morgan fingerprint density at radius 3 is 2.39 bits per heavy atom. The molecule has 0 aliphatic carbocycles. The highest BCUT2D eigenvalue weighted by Crippen LogP contribution is 2.37. The minimum absolute atomic E-state index is 0.0346. The summed E-state index contributed by atoms with van der Waals surface area (Å²) in [6.07, 6.45) is 3.31. The summed E-state index contributed by atoms with van der Waals surface area (Å²) < 4.78 is 20.5. The average molecular weight is 857 g/mol. The summed E-state index contributed by atoms with van der Waals surface area (Å²) in [4.78, 5) is 54.4. The van der Waals surface area contributed by atoms with Crippen LogP contribution in [0, 0.1) is 0 Å². The van der Waals surface area contributed by atoms with Crippen LogP contribution in [-0.2, 0) is 48.9 Å². The number of aryl methyl sites for hydroxylation is 1. The first-order valence-corrected chi connectivity index (χ1v) is 22.2. The number of amides is 2. The first-order valence-electron chi connectivity index (χ1n) is 22.2. The molecule has 6 heterocycles. The van der Waals surface area contributed by atoms with Gasteiger partial charge in [-0.1, -0.05) is 54.6 Å². The van der Waals surface area contributed by atoms with Crippen LogP contribution in [0.3, 0.4) is 0 Å². The van der Waals surface area contributed by atoms with Crippen LogP contribution in [0.25, 0.3) is 38.8 Å². The van der Waals surface area contributed by atoms with Crippen molar-refractivity contribution >= 4 is 33.6 Å². The number of morpholine rings is 1. The van der Waals surface area contributed by atoms with E-state index in [4.69, 9.17) is 14.2 Å². The SMILES string of the molecule is COc1ccc(-n2c(=O)c3cc(-c4cc5c(cc4C(=O)N4Cc6ccccc6C[C@H]4C)CN(C(=O)Cc4ccc(OCCN6CCOCC6)cc4)CC5)n(C)c3c3ccccc32)cn1. The van der Waals surface area contributed by atoms with Gasteiger partial charge in [-0.15, -0.1) is 0 Å². The third-order valence-corrected chi connectivity index (χ3v) is 13.3. The lowest BCUT2D eigenvalue weighted by Gasteiger charge is -2.36. The molecule has 0 saturated carbocycles. The van der Waals surface area contributed by atoms with Gasteiger partial charge in [-0.3, -0.25) is 23.9 Å². The van der Waals surface area contributed by atoms with Crippen LogP contribution in [0.1, 0.15) is 45.1 Å². The van der Waals surface area contributed by atoms with Crippen LogP contribution in [0.4, 0.5) is 0 Å². The normalized spacial score (nSPS) is 16.5. The molecule has 326 valence electrons. The van der Waals surface area contributed by atoms with E-state index in [0.29, 0.717) is 55.2 Å². The monoisotopic (exact) mass is 856 g/mol. The summed E-state index contributed by atoms with van der Waals surface area (Å²) in [5, 5.41) is 1.43. The van der Waals surface area contributed by atoms with Crippen LogP contribution in [-0.4, -0.2) is 99.8 Å². The van der Waals surface area contributed by atoms with E-state index in [9.17, 15) is 9.59 Å². The van der Waals surface area contributed by atoms with Crippen molar-refractivity contribution in [2.24, 2.45) is 7.05 Å². The maximum absolute atomic E-state index is 15.2. The number of nitrogens with zero attached hydrogens (tertiary/aromatic N) is 6. The van der Waals surface area contributed by atoms with Gasteiger partial charge >= 0.3 is 0 Å². The van der Waals surface area contributed by atoms with E-state index in [1.54, 1.807) is 23.9 Å². The lowest BCUT2D eigenvalue weighted by atomic mass is 9.89. The second kappa shape index (κ2) is 17.4. The maximum Gasteiger partial charge on any atom is 0.265 e. The zero-order valence-corrected chi connectivity index (χ0v) is 36.6. The topological polar surface area (TPSA) is 111 Å². The standard InChI is InChI=1S/C52H52N6O6/c1-34-26-36-8-4-5-9-38(36)33-57(34)51(60)44-29-39-32-56(49(59)27-35-12-15-41(16-13-35)64-25-22-55-20-23-63-24-21-55)19-18-37(39)28-43(44)47-30-45-50(54(47)2)42-10-6-7-11-46(42)58(52(45)61)40-14-17-48(62-3)53-31-40/h4-17,28-31,34H,18-27,32-33H2,1-3H3/t34-/m1/s1. The van der Waals surface area contributed by atoms with Crippen molar-refractivity contribution < 1.29 is 23.8 Å². The Balaban J connectivity index is 0.987. The molecule has 3 aromatic heterocycles. The molecule has 1 fully saturated rings. The van der Waals surface area contributed by atoms with E-state index in [1.807, 2.05) is 89.6 Å². The summed E-state index contributed by atoms with van der Waals surface area (Å²) in [5.74, 6) is 1.20. The molecule has 0 unspecified atom stereocenters. The fourth-order valence-electron chi connectivity index (χ4n) is 9.75. The summed E-state index contributed by atoms with van der Waals surface area (Å²) in [6.45, 7) is 8.38. The number of ether oxygens (including phenoxy) is 3. The second-order valence-corrected chi connectivity index (χ2v) is 17.2. The van der Waals surface area contributed by atoms with Crippen LogP contribution in [0.2, 0.25) is 0 Å². The molecule has 2 amide bonds. The first kappa shape index (κ1) is 41.3. The molecule has 12 heteroatoms. The number of hydrogen-bond acceptors (Lipinski definition) is 8. The Bertz CT molecular complexity index is 2950. The fourth-order valence-corrected chi connectivity index (χ4v) is 9.75. The maximum atomic E-state index is 15.2. The Hall–Kier alpha value is -6.76. The molecule has 12 nitrogen and oxygen atoms in total. The quantitative estimate of drug-likeness (QED) is 0.145. The van der Waals surface area contributed by atoms with E-state index in [-0.39, 0.29) is 29.8 Å². The number of fused-ring (bicyclic) bond motifs is 5. The van der Waals surface area contributed by atoms with Gasteiger partial charge in [-0.05, 0) is 90.0 Å². The lowest BCUT2D eigenvalue weighted by molar-refractivity contribution is -0.131. The summed E-state index contributed by atoms with van der Waals surface area (Å²) in [7, 11) is 3.54. The number of methoxy groups -OCH3 is 1. The molecule has 64 heavy (non-hydrogen) atoms. The molecule has 0 N–H and O–H groups in total. The van der Waals surface area contributed by atoms with Gasteiger partial charge in [0.1, 0.15) is 12.4 Å². The molecule has 3 aliphatic rings. The highest BCUT2D eigenvalue weighted by atomic mass is 16.5. The number of carbonyl (C=O) groups excluding carboxylic acids is 2. The highest BCUT2D eigenvalue weighted by molar-refractivity contribution is 6.08. The number of aromatic nitrogens is 3. The largest absolute Gasteiger partial charge is 0.492 e. The molecular formula is C52H52N6O6. The molecule has 1 atom stereocenters. The number of pyridine rings is 2. The molecule has 0 bridgehead atoms. The number of carbonyl (C=O) groups is 2. The smallest absolute Gasteiger partial charge is 0.265 e. The second-order valence-electron chi connectivity index (χ2n) is 17.2. The highest BCUT2D eigenvalue weighted by Gasteiger charge is 2.32. The van der Waals surface area contributed by atoms with E-state index in [0.717, 1.165) is 94.9 Å². The third-order valence-electron chi connectivity index (χ3n) is 13.3. The predicted octanol–water partition coefficient (Wildman–Crippen LogP) is 6.98. The number of para-hydroxylation sites is 1. The zero-order chi connectivity index (χ0) is 43.9. The van der Waals surface area contributed by atoms with Gasteiger partial charge in [0.25, 0.3) is 11.5 Å². The third kappa shape index (κ3) is 7.81. The van der Waals surface area contributed by atoms with Crippen LogP contribution >= 0.6 is 0 Å². The van der Waals surface area contributed by atoms with Crippen molar-refractivity contribution in [2.45, 2.75) is 45.3 Å². The molecule has 10 rings (SSSR count). The number of hydrogen-bond donors (Lipinski definition) is 0. The molecule has 1 saturated heterocycles. The Morgan fingerprint density at radius 2 is 1.61 bits per heavy atom. The lowest BCUT2D eigenvalue weighted by Crippen LogP contribution is -2.43. The summed E-state index contributed by atoms with van der Waals surface area (Å²) in [5.41, 5.74) is 9.43. The molecule has 0 spiro atoms.